The van der Waals surface area contributed by atoms with Crippen LogP contribution in [-0.2, 0) is 14.8 Å². The highest BCUT2D eigenvalue weighted by molar-refractivity contribution is 7.89. The van der Waals surface area contributed by atoms with E-state index < -0.39 is 38.6 Å². The number of carbonyl (C=O) groups is 1. The first-order chi connectivity index (χ1) is 9.78. The maximum atomic E-state index is 13.8. The molecule has 1 fully saturated rings. The number of sulfonamides is 1. The van der Waals surface area contributed by atoms with Crippen molar-refractivity contribution in [2.24, 2.45) is 0 Å². The van der Waals surface area contributed by atoms with E-state index in [0.29, 0.717) is 16.4 Å². The molecule has 1 heterocycles. The topological polar surface area (TPSA) is 98.5 Å². The van der Waals surface area contributed by atoms with Gasteiger partial charge in [-0.2, -0.15) is 9.57 Å². The van der Waals surface area contributed by atoms with Gasteiger partial charge < -0.3 is 5.11 Å². The molecule has 0 spiro atoms. The van der Waals surface area contributed by atoms with Crippen molar-refractivity contribution in [2.45, 2.75) is 23.8 Å². The Bertz CT molecular complexity index is 719. The van der Waals surface area contributed by atoms with E-state index in [1.54, 1.807) is 0 Å². The number of nitriles is 1. The summed E-state index contributed by atoms with van der Waals surface area (Å²) < 4.78 is 52.8. The fourth-order valence-corrected chi connectivity index (χ4v) is 4.01. The van der Waals surface area contributed by atoms with Crippen LogP contribution in [0.2, 0.25) is 0 Å². The van der Waals surface area contributed by atoms with Crippen molar-refractivity contribution in [1.29, 1.82) is 5.26 Å². The molecule has 1 N–H and O–H groups in total. The Hall–Kier alpha value is -2.05. The summed E-state index contributed by atoms with van der Waals surface area (Å²) in [5, 5.41) is 17.6. The van der Waals surface area contributed by atoms with Crippen molar-refractivity contribution in [1.82, 2.24) is 4.31 Å². The van der Waals surface area contributed by atoms with E-state index >= 15 is 0 Å². The average molecular weight is 316 g/mol. The van der Waals surface area contributed by atoms with Gasteiger partial charge in [0, 0.05) is 6.54 Å². The first kappa shape index (κ1) is 15.3. The Balaban J connectivity index is 2.55. The summed E-state index contributed by atoms with van der Waals surface area (Å²) in [6.45, 7) is -0.127. The number of benzene rings is 1. The minimum Gasteiger partial charge on any atom is -0.480 e. The number of nitrogens with zero attached hydrogens (tertiary/aromatic N) is 2. The third-order valence-electron chi connectivity index (χ3n) is 3.18. The second kappa shape index (κ2) is 5.38. The third-order valence-corrected chi connectivity index (χ3v) is 5.14. The molecule has 6 nitrogen and oxygen atoms in total. The highest BCUT2D eigenvalue weighted by Gasteiger charge is 2.42. The predicted octanol–water partition coefficient (Wildman–Crippen LogP) is 1.07. The molecule has 0 aliphatic carbocycles. The number of halogens is 2. The molecule has 0 aromatic heterocycles. The van der Waals surface area contributed by atoms with Gasteiger partial charge in [-0.25, -0.2) is 17.2 Å². The Labute approximate surface area is 119 Å². The van der Waals surface area contributed by atoms with Gasteiger partial charge in [-0.3, -0.25) is 4.79 Å². The van der Waals surface area contributed by atoms with E-state index in [-0.39, 0.29) is 24.9 Å². The Morgan fingerprint density at radius 1 is 1.38 bits per heavy atom. The second-order valence-corrected chi connectivity index (χ2v) is 6.32. The van der Waals surface area contributed by atoms with E-state index in [2.05, 4.69) is 0 Å². The van der Waals surface area contributed by atoms with Crippen molar-refractivity contribution in [3.05, 3.63) is 29.3 Å². The van der Waals surface area contributed by atoms with Gasteiger partial charge in [0.05, 0.1) is 11.6 Å². The molecule has 0 bridgehead atoms. The average Bonchev–Trinajstić information content (AvgIpc) is 2.87. The molecule has 112 valence electrons. The molecular formula is C12H10F2N2O4S. The molecule has 1 aromatic rings. The smallest absolute Gasteiger partial charge is 0.322 e. The van der Waals surface area contributed by atoms with E-state index in [0.717, 1.165) is 0 Å². The van der Waals surface area contributed by atoms with Crippen LogP contribution >= 0.6 is 0 Å². The van der Waals surface area contributed by atoms with Crippen LogP contribution in [0, 0.1) is 23.0 Å². The summed E-state index contributed by atoms with van der Waals surface area (Å²) >= 11 is 0. The lowest BCUT2D eigenvalue weighted by atomic mass is 10.2. The molecule has 1 saturated heterocycles. The quantitative estimate of drug-likeness (QED) is 0.899. The number of carboxylic acid groups (broad SMARTS) is 1. The summed E-state index contributed by atoms with van der Waals surface area (Å²) in [7, 11) is -4.63. The molecule has 0 radical (unpaired) electrons. The summed E-state index contributed by atoms with van der Waals surface area (Å²) in [5.74, 6) is -4.20. The summed E-state index contributed by atoms with van der Waals surface area (Å²) in [6.07, 6.45) is 0.365. The lowest BCUT2D eigenvalue weighted by Crippen LogP contribution is -2.41. The number of hydrogen-bond donors (Lipinski definition) is 1. The highest BCUT2D eigenvalue weighted by Crippen LogP contribution is 2.29. The Morgan fingerprint density at radius 3 is 2.43 bits per heavy atom. The molecular weight excluding hydrogens is 306 g/mol. The summed E-state index contributed by atoms with van der Waals surface area (Å²) in [4.78, 5) is 9.80. The lowest BCUT2D eigenvalue weighted by molar-refractivity contribution is -0.140. The lowest BCUT2D eigenvalue weighted by Gasteiger charge is -2.21. The van der Waals surface area contributed by atoms with Crippen LogP contribution in [0.1, 0.15) is 18.4 Å². The van der Waals surface area contributed by atoms with Crippen molar-refractivity contribution in [2.75, 3.05) is 6.54 Å². The molecule has 1 aliphatic rings. The van der Waals surface area contributed by atoms with Crippen LogP contribution in [-0.4, -0.2) is 36.4 Å². The molecule has 9 heteroatoms. The van der Waals surface area contributed by atoms with E-state index in [1.165, 1.54) is 6.07 Å². The summed E-state index contributed by atoms with van der Waals surface area (Å²) in [5.41, 5.74) is -0.361. The van der Waals surface area contributed by atoms with Crippen LogP contribution in [0.4, 0.5) is 8.78 Å². The van der Waals surface area contributed by atoms with Gasteiger partial charge >= 0.3 is 5.97 Å². The Kier molecular flexibility index (Phi) is 3.93. The zero-order valence-electron chi connectivity index (χ0n) is 10.6. The first-order valence-corrected chi connectivity index (χ1v) is 7.37. The molecule has 0 saturated carbocycles. The Morgan fingerprint density at radius 2 is 1.95 bits per heavy atom. The molecule has 1 aromatic carbocycles. The van der Waals surface area contributed by atoms with Gasteiger partial charge in [-0.1, -0.05) is 0 Å². The molecule has 0 unspecified atom stereocenters. The molecule has 1 aliphatic heterocycles. The molecule has 2 rings (SSSR count). The van der Waals surface area contributed by atoms with Crippen LogP contribution < -0.4 is 0 Å². The van der Waals surface area contributed by atoms with Crippen LogP contribution in [0.5, 0.6) is 0 Å². The molecule has 0 amide bonds. The number of rotatable bonds is 3. The number of hydrogen-bond acceptors (Lipinski definition) is 4. The minimum atomic E-state index is -4.63. The number of aliphatic carboxylic acids is 1. The standard InChI is InChI=1S/C12H10F2N2O4S/c13-8-4-7(6-15)5-9(14)11(8)21(19,20)16-3-1-2-10(16)12(17)18/h4-5,10H,1-3H2,(H,17,18)/t10-/m0/s1. The maximum absolute atomic E-state index is 13.8. The van der Waals surface area contributed by atoms with Crippen LogP contribution in [0.3, 0.4) is 0 Å². The largest absolute Gasteiger partial charge is 0.480 e. The third kappa shape index (κ3) is 2.59. The normalized spacial score (nSPS) is 19.4. The van der Waals surface area contributed by atoms with Crippen molar-refractivity contribution in [3.63, 3.8) is 0 Å². The fourth-order valence-electron chi connectivity index (χ4n) is 2.26. The van der Waals surface area contributed by atoms with Crippen molar-refractivity contribution >= 4 is 16.0 Å². The zero-order valence-corrected chi connectivity index (χ0v) is 11.4. The van der Waals surface area contributed by atoms with Gasteiger partial charge in [0.25, 0.3) is 0 Å². The second-order valence-electron chi connectivity index (χ2n) is 4.49. The fraction of sp³-hybridized carbons (Fsp3) is 0.333. The van der Waals surface area contributed by atoms with Gasteiger partial charge in [0.1, 0.15) is 17.7 Å². The highest BCUT2D eigenvalue weighted by atomic mass is 32.2. The first-order valence-electron chi connectivity index (χ1n) is 5.93. The van der Waals surface area contributed by atoms with E-state index in [4.69, 9.17) is 10.4 Å². The van der Waals surface area contributed by atoms with Crippen LogP contribution in [0.15, 0.2) is 17.0 Å². The number of carboxylic acids is 1. The van der Waals surface area contributed by atoms with Gasteiger partial charge in [-0.05, 0) is 25.0 Å². The predicted molar refractivity (Wildman–Crippen MR) is 65.6 cm³/mol. The van der Waals surface area contributed by atoms with Gasteiger partial charge in [0.15, 0.2) is 4.90 Å². The van der Waals surface area contributed by atoms with Gasteiger partial charge in [0.2, 0.25) is 10.0 Å². The summed E-state index contributed by atoms with van der Waals surface area (Å²) in [6, 6.07) is 1.36. The molecule has 1 atom stereocenters. The molecule has 21 heavy (non-hydrogen) atoms. The van der Waals surface area contributed by atoms with Crippen LogP contribution in [0.25, 0.3) is 0 Å². The minimum absolute atomic E-state index is 0.0775. The SMILES string of the molecule is N#Cc1cc(F)c(S(=O)(=O)N2CCC[C@H]2C(=O)O)c(F)c1. The van der Waals surface area contributed by atoms with Gasteiger partial charge in [-0.15, -0.1) is 0 Å². The van der Waals surface area contributed by atoms with Crippen molar-refractivity contribution < 1.29 is 27.1 Å². The maximum Gasteiger partial charge on any atom is 0.322 e. The van der Waals surface area contributed by atoms with Crippen molar-refractivity contribution in [3.8, 4) is 6.07 Å². The van der Waals surface area contributed by atoms with E-state index in [1.807, 2.05) is 0 Å². The monoisotopic (exact) mass is 316 g/mol. The zero-order chi connectivity index (χ0) is 15.8. The van der Waals surface area contributed by atoms with E-state index in [9.17, 15) is 22.0 Å².